The largest absolute Gasteiger partial charge is 0.493 e. The average molecular weight is 1140 g/mol. The van der Waals surface area contributed by atoms with Gasteiger partial charge in [-0.3, -0.25) is 39.4 Å². The van der Waals surface area contributed by atoms with Gasteiger partial charge in [-0.15, -0.1) is 22.7 Å². The molecule has 0 aliphatic carbocycles. The lowest BCUT2D eigenvalue weighted by molar-refractivity contribution is -0.142. The van der Waals surface area contributed by atoms with Crippen LogP contribution in [0.1, 0.15) is 67.1 Å². The summed E-state index contributed by atoms with van der Waals surface area (Å²) >= 11 is 2.83. The van der Waals surface area contributed by atoms with Gasteiger partial charge in [-0.1, -0.05) is 0 Å². The third kappa shape index (κ3) is 11.8. The number of aliphatic carboxylic acids is 1. The molecule has 4 aromatic heterocycles. The van der Waals surface area contributed by atoms with E-state index in [0.717, 1.165) is 40.4 Å². The zero-order chi connectivity index (χ0) is 56.9. The summed E-state index contributed by atoms with van der Waals surface area (Å²) in [7, 11) is 6.33. The molecule has 2 atom stereocenters. The van der Waals surface area contributed by atoms with Crippen molar-refractivity contribution in [1.29, 1.82) is 0 Å². The van der Waals surface area contributed by atoms with Crippen molar-refractivity contribution in [2.24, 2.45) is 11.8 Å². The number of rotatable bonds is 13. The summed E-state index contributed by atoms with van der Waals surface area (Å²) < 4.78 is 21.4. The first-order valence-electron chi connectivity index (χ1n) is 25.2. The molecule has 2 unspecified atom stereocenters. The van der Waals surface area contributed by atoms with Gasteiger partial charge in [-0.25, -0.2) is 9.97 Å². The molecule has 2 saturated heterocycles. The van der Waals surface area contributed by atoms with E-state index < -0.39 is 23.7 Å². The minimum absolute atomic E-state index is 0.170. The highest BCUT2D eigenvalue weighted by atomic mass is 32.1. The molecule has 8 N–H and O–H groups in total. The van der Waals surface area contributed by atoms with Crippen LogP contribution >= 0.6 is 22.7 Å². The van der Waals surface area contributed by atoms with Crippen molar-refractivity contribution >= 4 is 125 Å². The smallest absolute Gasteiger partial charge is 0.308 e. The molecule has 5 amide bonds. The minimum Gasteiger partial charge on any atom is -0.493 e. The van der Waals surface area contributed by atoms with Crippen LogP contribution in [0.2, 0.25) is 0 Å². The van der Waals surface area contributed by atoms with Crippen molar-refractivity contribution in [3.63, 3.8) is 0 Å². The molecule has 25 nitrogen and oxygen atoms in total. The number of methoxy groups -OCH3 is 4. The summed E-state index contributed by atoms with van der Waals surface area (Å²) in [6, 6.07) is 20.3. The van der Waals surface area contributed by atoms with Crippen LogP contribution in [0.4, 0.5) is 46.3 Å². The Balaban J connectivity index is 0.000000156. The van der Waals surface area contributed by atoms with Crippen molar-refractivity contribution < 1.29 is 52.8 Å². The fraction of sp³-hybridized carbons (Fsp3) is 0.259. The Kier molecular flexibility index (Phi) is 16.0. The number of hydrogen-bond acceptors (Lipinski definition) is 23. The first-order chi connectivity index (χ1) is 39.2. The van der Waals surface area contributed by atoms with E-state index in [4.69, 9.17) is 34.6 Å². The summed E-state index contributed by atoms with van der Waals surface area (Å²) in [5.74, 6) is 1.25. The first-order valence-corrected chi connectivity index (χ1v) is 27.0. The zero-order valence-corrected chi connectivity index (χ0v) is 45.5. The van der Waals surface area contributed by atoms with Crippen molar-refractivity contribution in [3.05, 3.63) is 106 Å². The molecular weight excluding hydrogens is 1080 g/mol. The number of amides is 5. The monoisotopic (exact) mass is 1140 g/mol. The van der Waals surface area contributed by atoms with E-state index in [0.29, 0.717) is 118 Å². The molecule has 4 aliphatic rings. The number of nitrogens with two attached hydrogens (primary N) is 1. The maximum atomic E-state index is 13.2. The summed E-state index contributed by atoms with van der Waals surface area (Å²) in [6.07, 6.45) is 2.94. The number of carboxylic acids is 1. The predicted molar refractivity (Wildman–Crippen MR) is 303 cm³/mol. The molecule has 0 spiro atoms. The number of thiazole rings is 2. The van der Waals surface area contributed by atoms with Crippen molar-refractivity contribution in [1.82, 2.24) is 40.5 Å². The molecule has 81 heavy (non-hydrogen) atoms. The van der Waals surface area contributed by atoms with E-state index in [2.05, 4.69) is 46.5 Å². The van der Waals surface area contributed by atoms with Gasteiger partial charge in [-0.05, 0) is 86.3 Å². The Labute approximate surface area is 469 Å². The molecule has 4 aromatic carbocycles. The van der Waals surface area contributed by atoms with Crippen LogP contribution < -0.4 is 61.1 Å². The first kappa shape index (κ1) is 54.6. The van der Waals surface area contributed by atoms with Crippen LogP contribution in [-0.2, 0) is 9.59 Å². The molecule has 0 radical (unpaired) electrons. The Bertz CT molecular complexity index is 3780. The highest BCUT2D eigenvalue weighted by molar-refractivity contribution is 7.16. The lowest BCUT2D eigenvalue weighted by atomic mass is 9.97. The highest BCUT2D eigenvalue weighted by Crippen LogP contribution is 2.36. The Hall–Kier alpha value is -9.76. The minimum atomic E-state index is -0.780. The highest BCUT2D eigenvalue weighted by Gasteiger charge is 2.32. The van der Waals surface area contributed by atoms with Crippen molar-refractivity contribution in [2.45, 2.75) is 25.7 Å². The van der Waals surface area contributed by atoms with Gasteiger partial charge in [0.2, 0.25) is 17.8 Å². The van der Waals surface area contributed by atoms with E-state index in [9.17, 15) is 33.9 Å². The van der Waals surface area contributed by atoms with Gasteiger partial charge >= 0.3 is 5.97 Å². The fourth-order valence-corrected chi connectivity index (χ4v) is 10.8. The van der Waals surface area contributed by atoms with Gasteiger partial charge in [0.25, 0.3) is 23.6 Å². The average Bonchev–Trinajstić information content (AvgIpc) is 4.30. The predicted octanol–water partition coefficient (Wildman–Crippen LogP) is 6.89. The van der Waals surface area contributed by atoms with E-state index >= 15 is 0 Å². The van der Waals surface area contributed by atoms with E-state index in [-0.39, 0.29) is 29.2 Å². The molecule has 12 rings (SSSR count). The summed E-state index contributed by atoms with van der Waals surface area (Å²) in [5.41, 5.74) is 14.0. The third-order valence-corrected chi connectivity index (χ3v) is 15.0. The van der Waals surface area contributed by atoms with Crippen LogP contribution in [0.5, 0.6) is 23.0 Å². The molecule has 8 heterocycles. The number of nitrogens with zero attached hydrogens (tertiary/aromatic N) is 8. The number of imide groups is 2. The van der Waals surface area contributed by atoms with E-state index in [1.165, 1.54) is 34.8 Å². The number of benzene rings is 4. The number of ether oxygens (including phenoxy) is 4. The number of anilines is 8. The second-order valence-electron chi connectivity index (χ2n) is 18.7. The van der Waals surface area contributed by atoms with Crippen LogP contribution in [-0.4, -0.2) is 125 Å². The number of carbonyl (C=O) groups is 6. The van der Waals surface area contributed by atoms with Gasteiger partial charge in [-0.2, -0.15) is 19.9 Å². The lowest BCUT2D eigenvalue weighted by Gasteiger charge is -2.32. The summed E-state index contributed by atoms with van der Waals surface area (Å²) in [6.45, 7) is 2.25. The van der Waals surface area contributed by atoms with Crippen LogP contribution in [0, 0.1) is 11.8 Å². The number of aromatic nitrogens is 6. The van der Waals surface area contributed by atoms with Gasteiger partial charge in [0, 0.05) is 61.1 Å². The molecule has 416 valence electrons. The van der Waals surface area contributed by atoms with Crippen molar-refractivity contribution in [3.8, 4) is 23.0 Å². The fourth-order valence-electron chi connectivity index (χ4n) is 9.47. The second-order valence-corrected chi connectivity index (χ2v) is 20.3. The normalized spacial score (nSPS) is 16.2. The molecular formula is C54H52N14O11S2. The van der Waals surface area contributed by atoms with Crippen LogP contribution in [0.25, 0.3) is 20.7 Å². The number of carbonyl (C=O) groups excluding carboxylic acids is 5. The van der Waals surface area contributed by atoms with E-state index in [1.54, 1.807) is 69.8 Å². The number of carboxylic acid groups (broad SMARTS) is 1. The molecule has 0 bridgehead atoms. The third-order valence-electron chi connectivity index (χ3n) is 13.6. The Morgan fingerprint density at radius 3 is 1.54 bits per heavy atom. The quantitative estimate of drug-likeness (QED) is 0.0456. The SMILES string of the molecule is COc1ccc(Nc2nc(N3CCCC(C(=O)Nc4ccc5c(c4)C(=O)NC5=O)C3)nc3scnc23)cc1OC.COc1ccc(Nc2nc(N3CCCC(C(=O)O)C3)nc3scnc23)cc1OC.Nc1ccc2c(c1)C(=O)NC2=O. The number of piperidine rings is 2. The molecule has 8 aromatic rings. The number of nitrogens with one attached hydrogen (secondary N) is 5. The molecule has 2 fully saturated rings. The Morgan fingerprint density at radius 2 is 1.04 bits per heavy atom. The van der Waals surface area contributed by atoms with Gasteiger partial charge in [0.05, 0.1) is 73.5 Å². The number of fused-ring (bicyclic) bond motifs is 4. The molecule has 4 aliphatic heterocycles. The standard InChI is InChI=1S/C27H25N7O5S.C19H21N5O4S.C8H6N2O2/c1-38-19-8-6-16(11-20(19)39-2)29-22-21-26(40-13-28-21)33-27(31-22)34-9-3-4-14(12-34)23(35)30-15-5-7-17-18(10-15)25(37)32-24(17)36;1-27-13-6-5-12(8-14(13)28-2)21-16-15-17(29-10-20-15)23-19(22-16)24-7-3-4-11(9-24)18(25)26;9-4-1-2-5-6(3-4)8(12)10-7(5)11/h5-8,10-11,13-14H,3-4,9,12H2,1-2H3,(H,30,35)(H,29,31,33)(H,32,36,37);5-6,8,10-11H,3-4,7,9H2,1-2H3,(H,25,26)(H,21,22,23);1-3H,9H2,(H,10,11,12). The molecule has 0 saturated carbocycles. The topological polar surface area (TPSA) is 330 Å². The lowest BCUT2D eigenvalue weighted by Crippen LogP contribution is -2.41. The Morgan fingerprint density at radius 1 is 0.580 bits per heavy atom. The second kappa shape index (κ2) is 23.7. The van der Waals surface area contributed by atoms with Crippen LogP contribution in [0.3, 0.4) is 0 Å². The van der Waals surface area contributed by atoms with Crippen LogP contribution in [0.15, 0.2) is 83.8 Å². The summed E-state index contributed by atoms with van der Waals surface area (Å²) in [5, 5.41) is 23.3. The van der Waals surface area contributed by atoms with E-state index in [1.807, 2.05) is 40.1 Å². The maximum Gasteiger partial charge on any atom is 0.308 e. The van der Waals surface area contributed by atoms with Gasteiger partial charge in [0.15, 0.2) is 44.3 Å². The zero-order valence-electron chi connectivity index (χ0n) is 43.9. The number of nitrogen functional groups attached to an aromatic ring is 1. The van der Waals surface area contributed by atoms with Gasteiger partial charge in [0.1, 0.15) is 11.0 Å². The van der Waals surface area contributed by atoms with Crippen molar-refractivity contribution in [2.75, 3.05) is 86.1 Å². The molecule has 27 heteroatoms. The maximum absolute atomic E-state index is 13.2. The number of hydrogen-bond donors (Lipinski definition) is 7. The van der Waals surface area contributed by atoms with Gasteiger partial charge < -0.3 is 55.5 Å². The summed E-state index contributed by atoms with van der Waals surface area (Å²) in [4.78, 5) is 104.